The summed E-state index contributed by atoms with van der Waals surface area (Å²) >= 11 is 1.09. The van der Waals surface area contributed by atoms with E-state index in [2.05, 4.69) is 20.4 Å². The number of rotatable bonds is 5. The second kappa shape index (κ2) is 6.62. The summed E-state index contributed by atoms with van der Waals surface area (Å²) in [5.74, 6) is -1.04. The van der Waals surface area contributed by atoms with Crippen molar-refractivity contribution >= 4 is 34.2 Å². The van der Waals surface area contributed by atoms with Crippen LogP contribution in [-0.4, -0.2) is 42.7 Å². The number of carboxylic acids is 1. The maximum Gasteiger partial charge on any atom is 0.313 e. The van der Waals surface area contributed by atoms with Crippen molar-refractivity contribution in [2.75, 3.05) is 5.75 Å². The maximum atomic E-state index is 11.2. The molecule has 2 aromatic rings. The van der Waals surface area contributed by atoms with Crippen LogP contribution in [0.5, 0.6) is 0 Å². The first-order valence-electron chi connectivity index (χ1n) is 6.80. The van der Waals surface area contributed by atoms with Crippen LogP contribution in [-0.2, 0) is 4.79 Å². The van der Waals surface area contributed by atoms with Crippen molar-refractivity contribution in [3.8, 4) is 11.1 Å². The summed E-state index contributed by atoms with van der Waals surface area (Å²) in [5, 5.41) is 34.9. The summed E-state index contributed by atoms with van der Waals surface area (Å²) in [5.41, 5.74) is 2.45. The third kappa shape index (κ3) is 3.49. The van der Waals surface area contributed by atoms with Gasteiger partial charge in [0.05, 0.1) is 22.6 Å². The molecule has 0 unspecified atom stereocenters. The normalized spacial score (nSPS) is 13.5. The van der Waals surface area contributed by atoms with Crippen molar-refractivity contribution in [2.24, 2.45) is 10.2 Å². The molecule has 1 aromatic carbocycles. The van der Waals surface area contributed by atoms with E-state index in [9.17, 15) is 14.9 Å². The SMILES string of the molecule is O=C(O)CSC1=NN=C(c2cc(-c3cn[nH]c3)cc([N+](=O)[O-])c2)C1. The Morgan fingerprint density at radius 3 is 2.75 bits per heavy atom. The molecule has 0 bridgehead atoms. The molecule has 122 valence electrons. The van der Waals surface area contributed by atoms with Crippen LogP contribution in [0.3, 0.4) is 0 Å². The number of carboxylic acid groups (broad SMARTS) is 1. The van der Waals surface area contributed by atoms with E-state index < -0.39 is 10.9 Å². The highest BCUT2D eigenvalue weighted by Gasteiger charge is 2.20. The molecule has 0 atom stereocenters. The highest BCUT2D eigenvalue weighted by molar-refractivity contribution is 8.14. The number of nitrogens with one attached hydrogen (secondary N) is 1. The molecule has 1 aliphatic heterocycles. The van der Waals surface area contributed by atoms with E-state index in [0.29, 0.717) is 28.3 Å². The smallest absolute Gasteiger partial charge is 0.313 e. The highest BCUT2D eigenvalue weighted by Crippen LogP contribution is 2.28. The second-order valence-corrected chi connectivity index (χ2v) is 5.96. The van der Waals surface area contributed by atoms with Gasteiger partial charge < -0.3 is 5.11 Å². The summed E-state index contributed by atoms with van der Waals surface area (Å²) in [6.07, 6.45) is 3.57. The van der Waals surface area contributed by atoms with Crippen LogP contribution >= 0.6 is 11.8 Å². The summed E-state index contributed by atoms with van der Waals surface area (Å²) in [4.78, 5) is 21.3. The van der Waals surface area contributed by atoms with Crippen LogP contribution in [0.1, 0.15) is 12.0 Å². The zero-order valence-corrected chi connectivity index (χ0v) is 13.0. The Kier molecular flexibility index (Phi) is 4.38. The van der Waals surface area contributed by atoms with E-state index in [-0.39, 0.29) is 11.4 Å². The number of carbonyl (C=O) groups is 1. The molecule has 0 aliphatic carbocycles. The van der Waals surface area contributed by atoms with Gasteiger partial charge in [-0.05, 0) is 11.6 Å². The Bertz CT molecular complexity index is 860. The number of nitrogens with zero attached hydrogens (tertiary/aromatic N) is 4. The van der Waals surface area contributed by atoms with Gasteiger partial charge >= 0.3 is 5.97 Å². The molecular weight excluding hydrogens is 334 g/mol. The molecule has 0 spiro atoms. The number of nitro benzene ring substituents is 1. The number of thioether (sulfide) groups is 1. The standard InChI is InChI=1S/C14H11N5O4S/c20-14(21)7-24-13-4-12(17-18-13)9-1-8(10-5-15-16-6-10)2-11(3-9)19(22)23/h1-3,5-6H,4,7H2,(H,15,16)(H,20,21). The summed E-state index contributed by atoms with van der Waals surface area (Å²) in [6, 6.07) is 4.67. The van der Waals surface area contributed by atoms with Gasteiger partial charge in [0.25, 0.3) is 5.69 Å². The minimum Gasteiger partial charge on any atom is -0.481 e. The number of benzene rings is 1. The fraction of sp³-hybridized carbons (Fsp3) is 0.143. The molecule has 10 heteroatoms. The lowest BCUT2D eigenvalue weighted by atomic mass is 10.0. The van der Waals surface area contributed by atoms with Crippen LogP contribution in [0.15, 0.2) is 40.8 Å². The molecule has 0 saturated heterocycles. The zero-order chi connectivity index (χ0) is 17.1. The van der Waals surface area contributed by atoms with E-state index in [4.69, 9.17) is 5.11 Å². The van der Waals surface area contributed by atoms with Crippen molar-refractivity contribution in [3.63, 3.8) is 0 Å². The van der Waals surface area contributed by atoms with Crippen molar-refractivity contribution in [1.29, 1.82) is 0 Å². The Hall–Kier alpha value is -3.01. The topological polar surface area (TPSA) is 134 Å². The van der Waals surface area contributed by atoms with E-state index in [1.807, 2.05) is 0 Å². The van der Waals surface area contributed by atoms with E-state index in [0.717, 1.165) is 17.3 Å². The Morgan fingerprint density at radius 2 is 2.08 bits per heavy atom. The monoisotopic (exact) mass is 345 g/mol. The van der Waals surface area contributed by atoms with Crippen molar-refractivity contribution in [1.82, 2.24) is 10.2 Å². The average molecular weight is 345 g/mol. The van der Waals surface area contributed by atoms with Gasteiger partial charge in [0, 0.05) is 35.9 Å². The Morgan fingerprint density at radius 1 is 1.29 bits per heavy atom. The number of aromatic nitrogens is 2. The molecule has 1 aromatic heterocycles. The van der Waals surface area contributed by atoms with Crippen LogP contribution < -0.4 is 0 Å². The molecule has 2 heterocycles. The van der Waals surface area contributed by atoms with Gasteiger partial charge in [-0.3, -0.25) is 20.0 Å². The van der Waals surface area contributed by atoms with Crippen molar-refractivity contribution in [2.45, 2.75) is 6.42 Å². The predicted octanol–water partition coefficient (Wildman–Crippen LogP) is 2.31. The number of non-ortho nitro benzene ring substituents is 1. The molecule has 24 heavy (non-hydrogen) atoms. The van der Waals surface area contributed by atoms with Gasteiger partial charge in [-0.25, -0.2) is 0 Å². The van der Waals surface area contributed by atoms with E-state index >= 15 is 0 Å². The number of hydrogen-bond donors (Lipinski definition) is 2. The summed E-state index contributed by atoms with van der Waals surface area (Å²) < 4.78 is 0. The van der Waals surface area contributed by atoms with Gasteiger partial charge in [0.15, 0.2) is 0 Å². The van der Waals surface area contributed by atoms with E-state index in [1.165, 1.54) is 12.1 Å². The maximum absolute atomic E-state index is 11.2. The van der Waals surface area contributed by atoms with Crippen LogP contribution in [0.4, 0.5) is 5.69 Å². The molecule has 2 N–H and O–H groups in total. The number of H-pyrrole nitrogens is 1. The fourth-order valence-electron chi connectivity index (χ4n) is 2.17. The first-order valence-corrected chi connectivity index (χ1v) is 7.78. The lowest BCUT2D eigenvalue weighted by Crippen LogP contribution is -2.06. The molecular formula is C14H11N5O4S. The van der Waals surface area contributed by atoms with Crippen LogP contribution in [0.2, 0.25) is 0 Å². The lowest BCUT2D eigenvalue weighted by Gasteiger charge is -2.05. The minimum atomic E-state index is -0.936. The third-order valence-corrected chi connectivity index (χ3v) is 4.21. The van der Waals surface area contributed by atoms with Crippen molar-refractivity contribution < 1.29 is 14.8 Å². The molecule has 0 amide bonds. The highest BCUT2D eigenvalue weighted by atomic mass is 32.2. The van der Waals surface area contributed by atoms with Gasteiger partial charge in [-0.1, -0.05) is 11.8 Å². The molecule has 3 rings (SSSR count). The largest absolute Gasteiger partial charge is 0.481 e. The zero-order valence-electron chi connectivity index (χ0n) is 12.2. The molecule has 0 radical (unpaired) electrons. The Labute approximate surface area is 139 Å². The number of aliphatic carboxylic acids is 1. The first-order chi connectivity index (χ1) is 11.5. The molecule has 9 nitrogen and oxygen atoms in total. The van der Waals surface area contributed by atoms with E-state index in [1.54, 1.807) is 18.5 Å². The summed E-state index contributed by atoms with van der Waals surface area (Å²) in [7, 11) is 0. The number of hydrogen-bond acceptors (Lipinski definition) is 7. The molecule has 1 aliphatic rings. The van der Waals surface area contributed by atoms with Gasteiger partial charge in [-0.15, -0.1) is 5.10 Å². The van der Waals surface area contributed by atoms with Gasteiger partial charge in [0.2, 0.25) is 0 Å². The van der Waals surface area contributed by atoms with Gasteiger partial charge in [-0.2, -0.15) is 10.2 Å². The molecule has 0 fully saturated rings. The number of nitro groups is 1. The lowest BCUT2D eigenvalue weighted by molar-refractivity contribution is -0.384. The quantitative estimate of drug-likeness (QED) is 0.631. The van der Waals surface area contributed by atoms with Gasteiger partial charge in [0.1, 0.15) is 5.04 Å². The predicted molar refractivity (Wildman–Crippen MR) is 89.4 cm³/mol. The minimum absolute atomic E-state index is 0.0574. The Balaban J connectivity index is 1.86. The first kappa shape index (κ1) is 15.9. The average Bonchev–Trinajstić information content (AvgIpc) is 3.24. The third-order valence-electron chi connectivity index (χ3n) is 3.26. The van der Waals surface area contributed by atoms with Crippen LogP contribution in [0.25, 0.3) is 11.1 Å². The number of aromatic amines is 1. The van der Waals surface area contributed by atoms with Crippen LogP contribution in [0, 0.1) is 10.1 Å². The van der Waals surface area contributed by atoms with Crippen molar-refractivity contribution in [3.05, 3.63) is 46.3 Å². The molecule has 0 saturated carbocycles. The second-order valence-electron chi connectivity index (χ2n) is 4.91. The summed E-state index contributed by atoms with van der Waals surface area (Å²) in [6.45, 7) is 0. The fourth-order valence-corrected chi connectivity index (χ4v) is 2.80.